The van der Waals surface area contributed by atoms with Crippen LogP contribution in [0.3, 0.4) is 0 Å². The van der Waals surface area contributed by atoms with Crippen molar-refractivity contribution in [1.29, 1.82) is 0 Å². The van der Waals surface area contributed by atoms with Crippen LogP contribution in [0, 0.1) is 0 Å². The first-order chi connectivity index (χ1) is 16.8. The summed E-state index contributed by atoms with van der Waals surface area (Å²) in [7, 11) is 1.55. The number of Topliss-reactive ketones (excluding diaryl/α,β-unsaturated/α-hetero) is 1. The lowest BCUT2D eigenvalue weighted by Crippen LogP contribution is -2.38. The number of benzene rings is 2. The van der Waals surface area contributed by atoms with Crippen molar-refractivity contribution < 1.29 is 33.0 Å². The van der Waals surface area contributed by atoms with Gasteiger partial charge in [0.05, 0.1) is 12.8 Å². The van der Waals surface area contributed by atoms with Crippen molar-refractivity contribution in [1.82, 2.24) is 10.3 Å². The van der Waals surface area contributed by atoms with Gasteiger partial charge in [0.1, 0.15) is 30.1 Å². The van der Waals surface area contributed by atoms with Crippen LogP contribution in [0.2, 0.25) is 0 Å². The SMILES string of the molecule is COc1cccc(OCC(=O)c2ccc3c(c2)N(Cc2nc(C(=O)NC(C)C)co2)C(=O)CO3)c1. The van der Waals surface area contributed by atoms with E-state index in [1.165, 1.54) is 11.2 Å². The van der Waals surface area contributed by atoms with Crippen LogP contribution in [-0.2, 0) is 11.3 Å². The van der Waals surface area contributed by atoms with Crippen molar-refractivity contribution in [2.75, 3.05) is 25.2 Å². The molecule has 0 saturated carbocycles. The van der Waals surface area contributed by atoms with Crippen LogP contribution in [0.4, 0.5) is 5.69 Å². The number of fused-ring (bicyclic) bond motifs is 1. The largest absolute Gasteiger partial charge is 0.497 e. The summed E-state index contributed by atoms with van der Waals surface area (Å²) in [6, 6.07) is 11.7. The van der Waals surface area contributed by atoms with E-state index in [1.807, 2.05) is 13.8 Å². The fourth-order valence-electron chi connectivity index (χ4n) is 3.43. The van der Waals surface area contributed by atoms with Crippen molar-refractivity contribution in [3.8, 4) is 17.2 Å². The van der Waals surface area contributed by atoms with E-state index in [1.54, 1.807) is 49.6 Å². The highest BCUT2D eigenvalue weighted by Crippen LogP contribution is 2.34. The van der Waals surface area contributed by atoms with Gasteiger partial charge in [0, 0.05) is 17.7 Å². The molecule has 3 aromatic rings. The number of amides is 2. The number of hydrogen-bond acceptors (Lipinski definition) is 8. The number of oxazole rings is 1. The zero-order valence-corrected chi connectivity index (χ0v) is 19.6. The van der Waals surface area contributed by atoms with Gasteiger partial charge in [-0.15, -0.1) is 0 Å². The highest BCUT2D eigenvalue weighted by Gasteiger charge is 2.28. The number of rotatable bonds is 9. The maximum atomic E-state index is 12.8. The first-order valence-electron chi connectivity index (χ1n) is 11.0. The monoisotopic (exact) mass is 479 g/mol. The standard InChI is InChI=1S/C25H25N3O7/c1-15(2)26-25(31)19-12-35-23(27-19)11-28-20-9-16(7-8-22(20)34-14-24(28)30)21(29)13-33-18-6-4-5-17(10-18)32-3/h4-10,12,15H,11,13-14H2,1-3H3,(H,26,31). The zero-order chi connectivity index (χ0) is 24.9. The molecule has 2 aromatic carbocycles. The van der Waals surface area contributed by atoms with Gasteiger partial charge in [-0.05, 0) is 44.2 Å². The summed E-state index contributed by atoms with van der Waals surface area (Å²) in [6.45, 7) is 3.28. The molecule has 182 valence electrons. The molecule has 1 aromatic heterocycles. The highest BCUT2D eigenvalue weighted by molar-refractivity contribution is 6.02. The van der Waals surface area contributed by atoms with E-state index in [0.29, 0.717) is 28.5 Å². The molecule has 1 N–H and O–H groups in total. The van der Waals surface area contributed by atoms with Gasteiger partial charge in [-0.3, -0.25) is 19.3 Å². The lowest BCUT2D eigenvalue weighted by atomic mass is 10.1. The quantitative estimate of drug-likeness (QED) is 0.465. The summed E-state index contributed by atoms with van der Waals surface area (Å²) >= 11 is 0. The van der Waals surface area contributed by atoms with Gasteiger partial charge in [-0.1, -0.05) is 6.07 Å². The van der Waals surface area contributed by atoms with Crippen LogP contribution in [-0.4, -0.2) is 48.9 Å². The number of carbonyl (C=O) groups excluding carboxylic acids is 3. The normalized spacial score (nSPS) is 12.7. The van der Waals surface area contributed by atoms with E-state index in [2.05, 4.69) is 10.3 Å². The molecule has 4 rings (SSSR count). The minimum absolute atomic E-state index is 0.0257. The molecule has 0 saturated heterocycles. The number of nitrogens with zero attached hydrogens (tertiary/aromatic N) is 2. The number of aromatic nitrogens is 1. The van der Waals surface area contributed by atoms with E-state index in [0.717, 1.165) is 0 Å². The summed E-state index contributed by atoms with van der Waals surface area (Å²) in [5.74, 6) is 0.756. The Balaban J connectivity index is 1.49. The van der Waals surface area contributed by atoms with Crippen LogP contribution < -0.4 is 24.4 Å². The molecular weight excluding hydrogens is 454 g/mol. The predicted molar refractivity (Wildman–Crippen MR) is 125 cm³/mol. The van der Waals surface area contributed by atoms with Crippen molar-refractivity contribution >= 4 is 23.3 Å². The second kappa shape index (κ2) is 10.3. The lowest BCUT2D eigenvalue weighted by Gasteiger charge is -2.28. The van der Waals surface area contributed by atoms with Crippen LogP contribution in [0.1, 0.15) is 40.6 Å². The van der Waals surface area contributed by atoms with Gasteiger partial charge in [0.15, 0.2) is 24.7 Å². The van der Waals surface area contributed by atoms with Crippen LogP contribution >= 0.6 is 0 Å². The molecule has 0 radical (unpaired) electrons. The molecule has 2 heterocycles. The number of carbonyl (C=O) groups is 3. The van der Waals surface area contributed by atoms with Crippen LogP contribution in [0.25, 0.3) is 0 Å². The van der Waals surface area contributed by atoms with Gasteiger partial charge in [-0.2, -0.15) is 0 Å². The van der Waals surface area contributed by atoms with Gasteiger partial charge in [-0.25, -0.2) is 4.98 Å². The van der Waals surface area contributed by atoms with Crippen molar-refractivity contribution in [2.24, 2.45) is 0 Å². The maximum Gasteiger partial charge on any atom is 0.273 e. The molecular formula is C25H25N3O7. The maximum absolute atomic E-state index is 12.8. The third-order valence-corrected chi connectivity index (χ3v) is 5.13. The van der Waals surface area contributed by atoms with E-state index >= 15 is 0 Å². The number of methoxy groups -OCH3 is 1. The van der Waals surface area contributed by atoms with Crippen molar-refractivity contribution in [2.45, 2.75) is 26.4 Å². The van der Waals surface area contributed by atoms with Crippen LogP contribution in [0.15, 0.2) is 53.1 Å². The average molecular weight is 479 g/mol. The molecule has 1 aliphatic heterocycles. The van der Waals surface area contributed by atoms with Gasteiger partial charge < -0.3 is 23.9 Å². The molecule has 0 bridgehead atoms. The number of ketones is 1. The molecule has 0 fully saturated rings. The van der Waals surface area contributed by atoms with E-state index in [-0.39, 0.29) is 55.0 Å². The second-order valence-corrected chi connectivity index (χ2v) is 8.10. The first kappa shape index (κ1) is 23.8. The summed E-state index contributed by atoms with van der Waals surface area (Å²) in [6.07, 6.45) is 1.24. The Morgan fingerprint density at radius 2 is 1.97 bits per heavy atom. The Bertz CT molecular complexity index is 1250. The Kier molecular flexibility index (Phi) is 7.00. The molecule has 35 heavy (non-hydrogen) atoms. The third-order valence-electron chi connectivity index (χ3n) is 5.13. The number of ether oxygens (including phenoxy) is 3. The summed E-state index contributed by atoms with van der Waals surface area (Å²) in [5.41, 5.74) is 0.868. The molecule has 1 aliphatic rings. The van der Waals surface area contributed by atoms with E-state index in [4.69, 9.17) is 18.6 Å². The molecule has 0 atom stereocenters. The summed E-state index contributed by atoms with van der Waals surface area (Å²) in [5, 5.41) is 2.73. The van der Waals surface area contributed by atoms with Gasteiger partial charge in [0.25, 0.3) is 11.8 Å². The minimum atomic E-state index is -0.368. The summed E-state index contributed by atoms with van der Waals surface area (Å²) < 4.78 is 21.7. The molecule has 0 unspecified atom stereocenters. The van der Waals surface area contributed by atoms with E-state index < -0.39 is 0 Å². The second-order valence-electron chi connectivity index (χ2n) is 8.10. The third kappa shape index (κ3) is 5.60. The van der Waals surface area contributed by atoms with Gasteiger partial charge >= 0.3 is 0 Å². The van der Waals surface area contributed by atoms with Gasteiger partial charge in [0.2, 0.25) is 5.89 Å². The molecule has 10 nitrogen and oxygen atoms in total. The highest BCUT2D eigenvalue weighted by atomic mass is 16.5. The van der Waals surface area contributed by atoms with E-state index in [9.17, 15) is 14.4 Å². The fourth-order valence-corrected chi connectivity index (χ4v) is 3.43. The minimum Gasteiger partial charge on any atom is -0.497 e. The molecule has 0 aliphatic carbocycles. The molecule has 2 amide bonds. The predicted octanol–water partition coefficient (Wildman–Crippen LogP) is 3.01. The molecule has 0 spiro atoms. The van der Waals surface area contributed by atoms with Crippen LogP contribution in [0.5, 0.6) is 17.2 Å². The average Bonchev–Trinajstić information content (AvgIpc) is 3.32. The zero-order valence-electron chi connectivity index (χ0n) is 19.6. The Morgan fingerprint density at radius 3 is 2.74 bits per heavy atom. The first-order valence-corrected chi connectivity index (χ1v) is 11.0. The smallest absolute Gasteiger partial charge is 0.273 e. The Labute approximate surface area is 201 Å². The topological polar surface area (TPSA) is 120 Å². The number of nitrogens with one attached hydrogen (secondary N) is 1. The van der Waals surface area contributed by atoms with Crippen molar-refractivity contribution in [3.63, 3.8) is 0 Å². The number of hydrogen-bond donors (Lipinski definition) is 1. The molecule has 10 heteroatoms. The fraction of sp³-hybridized carbons (Fsp3) is 0.280. The number of anilines is 1. The Hall–Kier alpha value is -4.34. The van der Waals surface area contributed by atoms with Crippen molar-refractivity contribution in [3.05, 3.63) is 65.9 Å². The lowest BCUT2D eigenvalue weighted by molar-refractivity contribution is -0.121. The Morgan fingerprint density at radius 1 is 1.17 bits per heavy atom. The summed E-state index contributed by atoms with van der Waals surface area (Å²) in [4.78, 5) is 43.2.